The van der Waals surface area contributed by atoms with Gasteiger partial charge in [0, 0.05) is 30.6 Å². The van der Waals surface area contributed by atoms with Gasteiger partial charge in [0.25, 0.3) is 5.91 Å². The monoisotopic (exact) mass is 497 g/mol. The van der Waals surface area contributed by atoms with E-state index in [1.54, 1.807) is 4.90 Å². The number of fused-ring (bicyclic) bond motifs is 1. The second-order valence-electron chi connectivity index (χ2n) is 8.75. The molecule has 0 atom stereocenters. The molecule has 3 heterocycles. The van der Waals surface area contributed by atoms with Gasteiger partial charge >= 0.3 is 5.97 Å². The van der Waals surface area contributed by atoms with Crippen molar-refractivity contribution >= 4 is 63.0 Å². The number of amides is 1. The first-order chi connectivity index (χ1) is 16.4. The molecule has 180 valence electrons. The molecular formula is C26H31N3O3S2. The minimum absolute atomic E-state index is 0.0280. The predicted molar refractivity (Wildman–Crippen MR) is 143 cm³/mol. The normalized spacial score (nSPS) is 18.4. The van der Waals surface area contributed by atoms with Crippen LogP contribution in [-0.4, -0.2) is 52.3 Å². The van der Waals surface area contributed by atoms with Gasteiger partial charge in [0.1, 0.15) is 10.1 Å². The average Bonchev–Trinajstić information content (AvgIpc) is 3.10. The van der Waals surface area contributed by atoms with E-state index in [0.717, 1.165) is 53.5 Å². The van der Waals surface area contributed by atoms with E-state index in [0.29, 0.717) is 35.5 Å². The van der Waals surface area contributed by atoms with E-state index >= 15 is 0 Å². The number of esters is 1. The summed E-state index contributed by atoms with van der Waals surface area (Å²) in [6.07, 6.45) is 5.33. The van der Waals surface area contributed by atoms with Gasteiger partial charge in [-0.25, -0.2) is 4.98 Å². The first-order valence-electron chi connectivity index (χ1n) is 12.0. The van der Waals surface area contributed by atoms with E-state index in [4.69, 9.17) is 21.9 Å². The molecule has 2 aliphatic rings. The van der Waals surface area contributed by atoms with Crippen molar-refractivity contribution in [2.75, 3.05) is 31.1 Å². The van der Waals surface area contributed by atoms with Crippen molar-refractivity contribution in [1.82, 2.24) is 9.88 Å². The molecule has 0 bridgehead atoms. The van der Waals surface area contributed by atoms with Gasteiger partial charge in [-0.2, -0.15) is 0 Å². The van der Waals surface area contributed by atoms with Crippen molar-refractivity contribution in [3.8, 4) is 0 Å². The molecule has 2 saturated heterocycles. The number of aromatic nitrogens is 1. The lowest BCUT2D eigenvalue weighted by Gasteiger charge is -2.33. The molecule has 0 N–H and O–H groups in total. The van der Waals surface area contributed by atoms with Gasteiger partial charge in [-0.05, 0) is 50.8 Å². The molecule has 4 rings (SSSR count). The van der Waals surface area contributed by atoms with Crippen LogP contribution in [0.3, 0.4) is 0 Å². The molecule has 2 aromatic rings. The van der Waals surface area contributed by atoms with Crippen molar-refractivity contribution in [3.63, 3.8) is 0 Å². The second-order valence-corrected chi connectivity index (χ2v) is 10.4. The third-order valence-corrected chi connectivity index (χ3v) is 7.74. The summed E-state index contributed by atoms with van der Waals surface area (Å²) in [6, 6.07) is 8.25. The molecule has 2 fully saturated rings. The van der Waals surface area contributed by atoms with Crippen LogP contribution in [0, 0.1) is 12.8 Å². The van der Waals surface area contributed by atoms with Gasteiger partial charge in [-0.1, -0.05) is 55.5 Å². The van der Waals surface area contributed by atoms with Gasteiger partial charge < -0.3 is 9.64 Å². The van der Waals surface area contributed by atoms with E-state index < -0.39 is 0 Å². The topological polar surface area (TPSA) is 62.7 Å². The molecule has 8 heteroatoms. The van der Waals surface area contributed by atoms with Crippen LogP contribution in [0.2, 0.25) is 0 Å². The molecular weight excluding hydrogens is 466 g/mol. The number of aryl methyl sites for hydroxylation is 1. The molecule has 1 amide bonds. The van der Waals surface area contributed by atoms with Gasteiger partial charge in [0.15, 0.2) is 0 Å². The van der Waals surface area contributed by atoms with Crippen LogP contribution in [0.5, 0.6) is 0 Å². The highest BCUT2D eigenvalue weighted by molar-refractivity contribution is 8.26. The smallest absolute Gasteiger partial charge is 0.309 e. The summed E-state index contributed by atoms with van der Waals surface area (Å²) in [5.41, 5.74) is 2.97. The zero-order chi connectivity index (χ0) is 24.2. The number of ether oxygens (including phenoxy) is 1. The van der Waals surface area contributed by atoms with Crippen molar-refractivity contribution < 1.29 is 14.3 Å². The summed E-state index contributed by atoms with van der Waals surface area (Å²) in [6.45, 7) is 8.50. The number of carbonyl (C=O) groups excluding carboxylic acids is 2. The Balaban J connectivity index is 1.68. The minimum Gasteiger partial charge on any atom is -0.466 e. The minimum atomic E-state index is -0.111. The van der Waals surface area contributed by atoms with Crippen LogP contribution >= 0.6 is 24.0 Å². The van der Waals surface area contributed by atoms with Crippen LogP contribution in [0.15, 0.2) is 29.2 Å². The zero-order valence-corrected chi connectivity index (χ0v) is 21.6. The maximum absolute atomic E-state index is 13.1. The zero-order valence-electron chi connectivity index (χ0n) is 20.0. The fourth-order valence-corrected chi connectivity index (χ4v) is 5.75. The number of hydrogen-bond donors (Lipinski definition) is 0. The van der Waals surface area contributed by atoms with E-state index in [-0.39, 0.29) is 17.8 Å². The number of carbonyl (C=O) groups is 2. The molecule has 0 unspecified atom stereocenters. The molecule has 1 aromatic carbocycles. The lowest BCUT2D eigenvalue weighted by Crippen LogP contribution is -2.37. The quantitative estimate of drug-likeness (QED) is 0.291. The van der Waals surface area contributed by atoms with Gasteiger partial charge in [-0.3, -0.25) is 14.5 Å². The molecule has 0 aliphatic carbocycles. The molecule has 6 nitrogen and oxygen atoms in total. The summed E-state index contributed by atoms with van der Waals surface area (Å²) in [7, 11) is 0. The van der Waals surface area contributed by atoms with Crippen molar-refractivity contribution in [3.05, 3.63) is 40.3 Å². The number of nitrogens with zero attached hydrogens (tertiary/aromatic N) is 3. The van der Waals surface area contributed by atoms with E-state index in [1.807, 2.05) is 19.1 Å². The number of para-hydroxylation sites is 1. The predicted octanol–water partition coefficient (Wildman–Crippen LogP) is 5.32. The van der Waals surface area contributed by atoms with Crippen molar-refractivity contribution in [2.45, 2.75) is 46.5 Å². The van der Waals surface area contributed by atoms with Crippen LogP contribution in [0.1, 0.15) is 50.7 Å². The summed E-state index contributed by atoms with van der Waals surface area (Å²) in [5, 5.41) is 1.04. The number of pyridine rings is 1. The van der Waals surface area contributed by atoms with Crippen molar-refractivity contribution in [1.29, 1.82) is 0 Å². The number of anilines is 1. The van der Waals surface area contributed by atoms with Gasteiger partial charge in [0.05, 0.1) is 22.9 Å². The Bertz CT molecular complexity index is 1140. The number of piperidine rings is 1. The first kappa shape index (κ1) is 24.7. The van der Waals surface area contributed by atoms with Crippen LogP contribution < -0.4 is 4.90 Å². The highest BCUT2D eigenvalue weighted by atomic mass is 32.2. The Morgan fingerprint density at radius 3 is 2.76 bits per heavy atom. The van der Waals surface area contributed by atoms with Crippen LogP contribution in [0.4, 0.5) is 5.82 Å². The number of thioether (sulfide) groups is 1. The summed E-state index contributed by atoms with van der Waals surface area (Å²) in [4.78, 5) is 34.9. The Morgan fingerprint density at radius 1 is 1.29 bits per heavy atom. The van der Waals surface area contributed by atoms with Crippen LogP contribution in [0.25, 0.3) is 17.0 Å². The summed E-state index contributed by atoms with van der Waals surface area (Å²) >= 11 is 6.85. The second kappa shape index (κ2) is 10.9. The van der Waals surface area contributed by atoms with E-state index in [1.165, 1.54) is 11.8 Å². The van der Waals surface area contributed by atoms with Crippen molar-refractivity contribution in [2.24, 2.45) is 5.92 Å². The maximum Gasteiger partial charge on any atom is 0.309 e. The third-order valence-electron chi connectivity index (χ3n) is 6.37. The Morgan fingerprint density at radius 2 is 2.06 bits per heavy atom. The Hall–Kier alpha value is -2.45. The summed E-state index contributed by atoms with van der Waals surface area (Å²) < 4.78 is 5.84. The molecule has 1 aromatic heterocycles. The number of rotatable bonds is 7. The molecule has 0 spiro atoms. The highest BCUT2D eigenvalue weighted by Gasteiger charge is 2.32. The standard InChI is InChI=1S/C26H31N3O3S2/c1-4-6-12-29-24(30)21(34-26(29)33)16-20-15-19-9-7-8-17(3)22(19)27-23(20)28-13-10-18(11-14-28)25(31)32-5-2/h7-9,15-16,18H,4-6,10-14H2,1-3H3/b21-16-. The molecule has 34 heavy (non-hydrogen) atoms. The van der Waals surface area contributed by atoms with Crippen LogP contribution in [-0.2, 0) is 14.3 Å². The van der Waals surface area contributed by atoms with E-state index in [9.17, 15) is 9.59 Å². The average molecular weight is 498 g/mol. The lowest BCUT2D eigenvalue weighted by molar-refractivity contribution is -0.148. The fourth-order valence-electron chi connectivity index (χ4n) is 4.45. The third kappa shape index (κ3) is 5.13. The SMILES string of the molecule is CCCCN1C(=O)/C(=C/c2cc3cccc(C)c3nc2N2CCC(C(=O)OCC)CC2)SC1=S. The Labute approximate surface area is 210 Å². The lowest BCUT2D eigenvalue weighted by atomic mass is 9.96. The number of unbranched alkanes of at least 4 members (excludes halogenated alkanes) is 1. The number of thiocarbonyl (C=S) groups is 1. The molecule has 2 aliphatic heterocycles. The van der Waals surface area contributed by atoms with Gasteiger partial charge in [0.2, 0.25) is 0 Å². The highest BCUT2D eigenvalue weighted by Crippen LogP contribution is 2.36. The largest absolute Gasteiger partial charge is 0.466 e. The Kier molecular flexibility index (Phi) is 7.88. The summed E-state index contributed by atoms with van der Waals surface area (Å²) in [5.74, 6) is 0.639. The van der Waals surface area contributed by atoms with E-state index in [2.05, 4.69) is 36.9 Å². The molecule has 0 radical (unpaired) electrons. The maximum atomic E-state index is 13.1. The molecule has 0 saturated carbocycles. The number of benzene rings is 1. The number of hydrogen-bond acceptors (Lipinski definition) is 7. The van der Waals surface area contributed by atoms with Gasteiger partial charge in [-0.15, -0.1) is 0 Å². The first-order valence-corrected chi connectivity index (χ1v) is 13.2. The fraction of sp³-hybridized carbons (Fsp3) is 0.462.